The van der Waals surface area contributed by atoms with Gasteiger partial charge >= 0.3 is 5.97 Å². The summed E-state index contributed by atoms with van der Waals surface area (Å²) >= 11 is 0. The number of nitrogens with one attached hydrogen (secondary N) is 3. The van der Waals surface area contributed by atoms with Crippen LogP contribution in [0.15, 0.2) is 9.98 Å². The van der Waals surface area contributed by atoms with E-state index in [1.807, 2.05) is 13.8 Å². The molecule has 0 aromatic rings. The van der Waals surface area contributed by atoms with Crippen molar-refractivity contribution in [3.8, 4) is 0 Å². The third kappa shape index (κ3) is 13.3. The highest BCUT2D eigenvalue weighted by molar-refractivity contribution is 5.94. The van der Waals surface area contributed by atoms with Crippen molar-refractivity contribution in [2.75, 3.05) is 13.1 Å². The van der Waals surface area contributed by atoms with E-state index in [1.165, 1.54) is 6.92 Å². The molecular formula is C21H42N10O5. The number of carbonyl (C=O) groups excluding carboxylic acids is 3. The third-order valence-electron chi connectivity index (χ3n) is 5.45. The van der Waals surface area contributed by atoms with Crippen LogP contribution >= 0.6 is 0 Å². The number of carboxylic acid groups (broad SMARTS) is 1. The zero-order valence-electron chi connectivity index (χ0n) is 21.2. The molecule has 0 aliphatic carbocycles. The quantitative estimate of drug-likeness (QED) is 0.0539. The molecule has 0 saturated heterocycles. The van der Waals surface area contributed by atoms with Gasteiger partial charge < -0.3 is 49.7 Å². The average molecular weight is 515 g/mol. The molecular weight excluding hydrogens is 472 g/mol. The van der Waals surface area contributed by atoms with Gasteiger partial charge in [0.1, 0.15) is 18.1 Å². The van der Waals surface area contributed by atoms with Gasteiger partial charge in [0.15, 0.2) is 11.9 Å². The smallest absolute Gasteiger partial charge is 0.325 e. The van der Waals surface area contributed by atoms with E-state index >= 15 is 0 Å². The predicted molar refractivity (Wildman–Crippen MR) is 136 cm³/mol. The molecule has 0 heterocycles. The lowest BCUT2D eigenvalue weighted by Crippen LogP contribution is -2.57. The first-order valence-electron chi connectivity index (χ1n) is 11.8. The van der Waals surface area contributed by atoms with E-state index in [2.05, 4.69) is 25.9 Å². The van der Waals surface area contributed by atoms with Gasteiger partial charge in [-0.05, 0) is 38.5 Å². The van der Waals surface area contributed by atoms with Crippen LogP contribution in [0.5, 0.6) is 0 Å². The van der Waals surface area contributed by atoms with Crippen molar-refractivity contribution in [3.05, 3.63) is 0 Å². The maximum Gasteiger partial charge on any atom is 0.325 e. The monoisotopic (exact) mass is 514 g/mol. The fraction of sp³-hybridized carbons (Fsp3) is 0.714. The highest BCUT2D eigenvalue weighted by atomic mass is 16.4. The first-order chi connectivity index (χ1) is 16.8. The van der Waals surface area contributed by atoms with Crippen LogP contribution in [0.25, 0.3) is 0 Å². The summed E-state index contributed by atoms with van der Waals surface area (Å²) in [7, 11) is 0. The van der Waals surface area contributed by atoms with Crippen molar-refractivity contribution in [3.63, 3.8) is 0 Å². The van der Waals surface area contributed by atoms with Gasteiger partial charge in [0.2, 0.25) is 17.7 Å². The summed E-state index contributed by atoms with van der Waals surface area (Å²) in [5.74, 6) is -3.46. The molecule has 0 aliphatic heterocycles. The zero-order chi connectivity index (χ0) is 27.8. The summed E-state index contributed by atoms with van der Waals surface area (Å²) < 4.78 is 0. The Morgan fingerprint density at radius 1 is 0.778 bits per heavy atom. The molecule has 14 N–H and O–H groups in total. The molecule has 3 amide bonds. The summed E-state index contributed by atoms with van der Waals surface area (Å²) in [6, 6.07) is -4.16. The number of rotatable bonds is 17. The second-order valence-corrected chi connectivity index (χ2v) is 8.50. The van der Waals surface area contributed by atoms with E-state index in [0.717, 1.165) is 0 Å². The Labute approximate surface area is 211 Å². The maximum atomic E-state index is 13.1. The van der Waals surface area contributed by atoms with Crippen molar-refractivity contribution in [2.45, 2.75) is 77.0 Å². The van der Waals surface area contributed by atoms with Crippen molar-refractivity contribution in [1.82, 2.24) is 16.0 Å². The number of guanidine groups is 2. The highest BCUT2D eigenvalue weighted by Gasteiger charge is 2.30. The molecule has 5 unspecified atom stereocenters. The molecule has 0 saturated carbocycles. The number of aliphatic imine (C=N–C) groups is 2. The minimum absolute atomic E-state index is 0.108. The Morgan fingerprint density at radius 2 is 1.19 bits per heavy atom. The molecule has 0 rings (SSSR count). The minimum atomic E-state index is -1.24. The SMILES string of the molecule is CCC(C)C(N)C(=O)NC(CCCN=C(N)N)C(=O)NC(CCCN=C(N)N)C(=O)NC(C)C(=O)O. The van der Waals surface area contributed by atoms with Crippen LogP contribution in [0, 0.1) is 5.92 Å². The summed E-state index contributed by atoms with van der Waals surface area (Å²) in [4.78, 5) is 57.3. The van der Waals surface area contributed by atoms with Gasteiger partial charge in [-0.2, -0.15) is 0 Å². The molecule has 0 bridgehead atoms. The molecule has 206 valence electrons. The van der Waals surface area contributed by atoms with E-state index < -0.39 is 47.9 Å². The van der Waals surface area contributed by atoms with Crippen LogP contribution in [0.3, 0.4) is 0 Å². The molecule has 36 heavy (non-hydrogen) atoms. The third-order valence-corrected chi connectivity index (χ3v) is 5.45. The second-order valence-electron chi connectivity index (χ2n) is 8.50. The molecule has 0 fully saturated rings. The van der Waals surface area contributed by atoms with Gasteiger partial charge in [0.05, 0.1) is 6.04 Å². The summed E-state index contributed by atoms with van der Waals surface area (Å²) in [5.41, 5.74) is 27.3. The number of hydrogen-bond acceptors (Lipinski definition) is 7. The van der Waals surface area contributed by atoms with E-state index in [9.17, 15) is 19.2 Å². The Morgan fingerprint density at radius 3 is 1.58 bits per heavy atom. The van der Waals surface area contributed by atoms with Crippen molar-refractivity contribution >= 4 is 35.6 Å². The number of carbonyl (C=O) groups is 4. The number of amides is 3. The predicted octanol–water partition coefficient (Wildman–Crippen LogP) is -2.97. The molecule has 0 aromatic heterocycles. The average Bonchev–Trinajstić information content (AvgIpc) is 2.80. The Hall–Kier alpha value is -3.62. The fourth-order valence-electron chi connectivity index (χ4n) is 2.97. The molecule has 0 spiro atoms. The number of aliphatic carboxylic acids is 1. The van der Waals surface area contributed by atoms with Gasteiger partial charge in [0.25, 0.3) is 0 Å². The van der Waals surface area contributed by atoms with E-state index in [1.54, 1.807) is 0 Å². The number of nitrogens with two attached hydrogens (primary N) is 5. The first kappa shape index (κ1) is 32.4. The largest absolute Gasteiger partial charge is 0.480 e. The molecule has 5 atom stereocenters. The van der Waals surface area contributed by atoms with Gasteiger partial charge in [-0.1, -0.05) is 20.3 Å². The van der Waals surface area contributed by atoms with Crippen LogP contribution in [0.4, 0.5) is 0 Å². The Kier molecular flexibility index (Phi) is 15.2. The number of carboxylic acids is 1. The van der Waals surface area contributed by atoms with Crippen LogP contribution in [-0.2, 0) is 19.2 Å². The number of hydrogen-bond donors (Lipinski definition) is 9. The van der Waals surface area contributed by atoms with Gasteiger partial charge in [-0.25, -0.2) is 0 Å². The molecule has 0 aliphatic rings. The van der Waals surface area contributed by atoms with Crippen LogP contribution in [0.1, 0.15) is 52.9 Å². The van der Waals surface area contributed by atoms with Crippen molar-refractivity contribution in [1.29, 1.82) is 0 Å². The second kappa shape index (κ2) is 16.9. The molecule has 15 nitrogen and oxygen atoms in total. The van der Waals surface area contributed by atoms with Gasteiger partial charge in [-0.3, -0.25) is 29.2 Å². The van der Waals surface area contributed by atoms with Crippen molar-refractivity contribution < 1.29 is 24.3 Å². The Balaban J connectivity index is 5.60. The van der Waals surface area contributed by atoms with Crippen LogP contribution in [-0.4, -0.2) is 78.0 Å². The van der Waals surface area contributed by atoms with Gasteiger partial charge in [0, 0.05) is 13.1 Å². The van der Waals surface area contributed by atoms with Gasteiger partial charge in [-0.15, -0.1) is 0 Å². The summed E-state index contributed by atoms with van der Waals surface area (Å²) in [6.45, 7) is 5.41. The zero-order valence-corrected chi connectivity index (χ0v) is 21.2. The maximum absolute atomic E-state index is 13.1. The lowest BCUT2D eigenvalue weighted by atomic mass is 9.98. The van der Waals surface area contributed by atoms with E-state index in [0.29, 0.717) is 19.3 Å². The normalized spacial score (nSPS) is 14.8. The lowest BCUT2D eigenvalue weighted by molar-refractivity contribution is -0.141. The fourth-order valence-corrected chi connectivity index (χ4v) is 2.97. The molecule has 15 heteroatoms. The van der Waals surface area contributed by atoms with Crippen LogP contribution < -0.4 is 44.6 Å². The standard InChI is InChI=1S/C21H42N10O5/c1-4-11(2)15(22)18(34)31-14(8-6-10-28-21(25)26)17(33)30-13(7-5-9-27-20(23)24)16(32)29-12(3)19(35)36/h11-15H,4-10,22H2,1-3H3,(H,29,32)(H,30,33)(H,31,34)(H,35,36)(H4,23,24,27)(H4,25,26,28). The molecule has 0 radical (unpaired) electrons. The highest BCUT2D eigenvalue weighted by Crippen LogP contribution is 2.08. The van der Waals surface area contributed by atoms with Crippen molar-refractivity contribution in [2.24, 2.45) is 44.6 Å². The van der Waals surface area contributed by atoms with E-state index in [-0.39, 0.29) is 43.8 Å². The van der Waals surface area contributed by atoms with Crippen LogP contribution in [0.2, 0.25) is 0 Å². The Bertz CT molecular complexity index is 796. The molecule has 0 aromatic carbocycles. The first-order valence-corrected chi connectivity index (χ1v) is 11.8. The summed E-state index contributed by atoms with van der Waals surface area (Å²) in [5, 5.41) is 16.7. The summed E-state index contributed by atoms with van der Waals surface area (Å²) in [6.07, 6.45) is 1.61. The lowest BCUT2D eigenvalue weighted by Gasteiger charge is -2.25. The minimum Gasteiger partial charge on any atom is -0.480 e. The van der Waals surface area contributed by atoms with E-state index in [4.69, 9.17) is 33.8 Å². The topological polar surface area (TPSA) is 279 Å². The number of nitrogens with zero attached hydrogens (tertiary/aromatic N) is 2.